The van der Waals surface area contributed by atoms with Crippen LogP contribution in [0.2, 0.25) is 0 Å². The molecule has 1 aliphatic rings. The van der Waals surface area contributed by atoms with Crippen molar-refractivity contribution in [3.63, 3.8) is 0 Å². The van der Waals surface area contributed by atoms with Gasteiger partial charge in [0.05, 0.1) is 33.3 Å². The number of pyridine rings is 1. The van der Waals surface area contributed by atoms with E-state index in [9.17, 15) is 14.3 Å². The van der Waals surface area contributed by atoms with Crippen molar-refractivity contribution in [1.82, 2.24) is 14.5 Å². The fourth-order valence-electron chi connectivity index (χ4n) is 3.32. The standard InChI is InChI=1S/C15H13BrFN3O2/c16-10-4-9-12(5-11(10)17)18-6-13-14(9)20(15(22)19-13)7-1-2-8(21)3-7/h4-8,21H,1-3H2,(H,19,22)/t7-,8+/m0/s1. The second-order valence-corrected chi connectivity index (χ2v) is 6.58. The quantitative estimate of drug-likeness (QED) is 0.696. The number of hydrogen-bond donors (Lipinski definition) is 2. The monoisotopic (exact) mass is 365 g/mol. The van der Waals surface area contributed by atoms with Gasteiger partial charge in [-0.2, -0.15) is 0 Å². The Hall–Kier alpha value is -1.73. The van der Waals surface area contributed by atoms with E-state index in [4.69, 9.17) is 0 Å². The molecule has 4 rings (SSSR count). The molecule has 2 N–H and O–H groups in total. The van der Waals surface area contributed by atoms with Crippen molar-refractivity contribution in [2.75, 3.05) is 0 Å². The lowest BCUT2D eigenvalue weighted by Crippen LogP contribution is -2.21. The minimum atomic E-state index is -0.389. The lowest BCUT2D eigenvalue weighted by molar-refractivity contribution is 0.178. The van der Waals surface area contributed by atoms with Gasteiger partial charge in [0.2, 0.25) is 0 Å². The predicted molar refractivity (Wildman–Crippen MR) is 84.4 cm³/mol. The van der Waals surface area contributed by atoms with E-state index in [0.29, 0.717) is 33.7 Å². The van der Waals surface area contributed by atoms with Crippen molar-refractivity contribution < 1.29 is 9.50 Å². The van der Waals surface area contributed by atoms with Gasteiger partial charge < -0.3 is 10.1 Å². The van der Waals surface area contributed by atoms with Crippen molar-refractivity contribution in [3.05, 3.63) is 39.1 Å². The second-order valence-electron chi connectivity index (χ2n) is 5.72. The van der Waals surface area contributed by atoms with E-state index in [1.54, 1.807) is 16.8 Å². The molecule has 0 aliphatic heterocycles. The van der Waals surface area contributed by atoms with Gasteiger partial charge in [-0.15, -0.1) is 0 Å². The summed E-state index contributed by atoms with van der Waals surface area (Å²) in [5.41, 5.74) is 1.62. The Morgan fingerprint density at radius 3 is 2.95 bits per heavy atom. The van der Waals surface area contributed by atoms with Crippen LogP contribution in [0.5, 0.6) is 0 Å². The number of benzene rings is 1. The zero-order valence-electron chi connectivity index (χ0n) is 11.5. The summed E-state index contributed by atoms with van der Waals surface area (Å²) in [5.74, 6) is -0.389. The van der Waals surface area contributed by atoms with Crippen molar-refractivity contribution >= 4 is 37.9 Å². The fraction of sp³-hybridized carbons (Fsp3) is 0.333. The van der Waals surface area contributed by atoms with Gasteiger partial charge in [0, 0.05) is 17.5 Å². The zero-order valence-corrected chi connectivity index (χ0v) is 13.1. The van der Waals surface area contributed by atoms with Crippen LogP contribution in [0.3, 0.4) is 0 Å². The summed E-state index contributed by atoms with van der Waals surface area (Å²) in [4.78, 5) is 19.4. The topological polar surface area (TPSA) is 70.9 Å². The van der Waals surface area contributed by atoms with Crippen LogP contribution in [-0.2, 0) is 0 Å². The number of aromatic nitrogens is 3. The van der Waals surface area contributed by atoms with Crippen molar-refractivity contribution in [2.24, 2.45) is 0 Å². The van der Waals surface area contributed by atoms with Gasteiger partial charge in [-0.25, -0.2) is 9.18 Å². The maximum atomic E-state index is 13.7. The average molecular weight is 366 g/mol. The first-order valence-electron chi connectivity index (χ1n) is 7.10. The maximum Gasteiger partial charge on any atom is 0.326 e. The maximum absolute atomic E-state index is 13.7. The van der Waals surface area contributed by atoms with Crippen LogP contribution in [0.15, 0.2) is 27.6 Å². The summed E-state index contributed by atoms with van der Waals surface area (Å²) < 4.78 is 15.7. The number of fused-ring (bicyclic) bond motifs is 3. The van der Waals surface area contributed by atoms with Crippen LogP contribution in [0.25, 0.3) is 21.9 Å². The molecule has 2 aromatic heterocycles. The molecule has 0 radical (unpaired) electrons. The minimum absolute atomic E-state index is 0.0503. The average Bonchev–Trinajstić information content (AvgIpc) is 3.03. The van der Waals surface area contributed by atoms with Gasteiger partial charge in [-0.05, 0) is 41.3 Å². The number of aromatic amines is 1. The highest BCUT2D eigenvalue weighted by atomic mass is 79.9. The van der Waals surface area contributed by atoms with Crippen molar-refractivity contribution in [3.8, 4) is 0 Å². The smallest absolute Gasteiger partial charge is 0.326 e. The Kier molecular flexibility index (Phi) is 3.09. The molecule has 114 valence electrons. The fourth-order valence-corrected chi connectivity index (χ4v) is 3.66. The van der Waals surface area contributed by atoms with Crippen molar-refractivity contribution in [1.29, 1.82) is 0 Å². The van der Waals surface area contributed by atoms with Crippen molar-refractivity contribution in [2.45, 2.75) is 31.4 Å². The molecule has 5 nitrogen and oxygen atoms in total. The highest BCUT2D eigenvalue weighted by Gasteiger charge is 2.27. The highest BCUT2D eigenvalue weighted by Crippen LogP contribution is 2.34. The predicted octanol–water partition coefficient (Wildman–Crippen LogP) is 2.87. The lowest BCUT2D eigenvalue weighted by Gasteiger charge is -2.13. The third kappa shape index (κ3) is 1.99. The van der Waals surface area contributed by atoms with Gasteiger partial charge >= 0.3 is 5.69 Å². The number of aliphatic hydroxyl groups excluding tert-OH is 1. The van der Waals surface area contributed by atoms with E-state index < -0.39 is 0 Å². The number of imidazole rings is 1. The van der Waals surface area contributed by atoms with E-state index in [-0.39, 0.29) is 23.7 Å². The number of nitrogens with one attached hydrogen (secondary N) is 1. The molecule has 0 amide bonds. The Balaban J connectivity index is 2.07. The number of H-pyrrole nitrogens is 1. The normalized spacial score (nSPS) is 22.0. The molecule has 2 atom stereocenters. The van der Waals surface area contributed by atoms with E-state index in [1.165, 1.54) is 6.07 Å². The molecular weight excluding hydrogens is 353 g/mol. The van der Waals surface area contributed by atoms with Crippen LogP contribution in [0, 0.1) is 5.82 Å². The van der Waals surface area contributed by atoms with Gasteiger partial charge in [-0.3, -0.25) is 9.55 Å². The highest BCUT2D eigenvalue weighted by molar-refractivity contribution is 9.10. The Labute approximate surface area is 132 Å². The molecule has 7 heteroatoms. The van der Waals surface area contributed by atoms with E-state index in [1.807, 2.05) is 0 Å². The van der Waals surface area contributed by atoms with Crippen LogP contribution in [0.1, 0.15) is 25.3 Å². The number of nitrogens with zero attached hydrogens (tertiary/aromatic N) is 2. The molecule has 22 heavy (non-hydrogen) atoms. The molecule has 1 fully saturated rings. The Bertz CT molecular complexity index is 949. The Morgan fingerprint density at radius 1 is 1.41 bits per heavy atom. The molecule has 0 spiro atoms. The molecule has 0 bridgehead atoms. The van der Waals surface area contributed by atoms with Gasteiger partial charge in [0.1, 0.15) is 5.82 Å². The molecule has 0 unspecified atom stereocenters. The first-order chi connectivity index (χ1) is 10.5. The van der Waals surface area contributed by atoms with Crippen LogP contribution in [-0.4, -0.2) is 25.7 Å². The first-order valence-corrected chi connectivity index (χ1v) is 7.90. The summed E-state index contributed by atoms with van der Waals surface area (Å²) in [7, 11) is 0. The Morgan fingerprint density at radius 2 is 2.23 bits per heavy atom. The molecule has 1 saturated carbocycles. The van der Waals surface area contributed by atoms with Gasteiger partial charge in [0.25, 0.3) is 0 Å². The minimum Gasteiger partial charge on any atom is -0.393 e. The summed E-state index contributed by atoms with van der Waals surface area (Å²) in [6.07, 6.45) is 3.16. The lowest BCUT2D eigenvalue weighted by atomic mass is 10.1. The molecule has 1 aromatic carbocycles. The number of hydrogen-bond acceptors (Lipinski definition) is 3. The van der Waals surface area contributed by atoms with E-state index in [0.717, 1.165) is 11.9 Å². The molecule has 3 aromatic rings. The van der Waals surface area contributed by atoms with E-state index in [2.05, 4.69) is 25.9 Å². The summed E-state index contributed by atoms with van der Waals surface area (Å²) >= 11 is 3.19. The summed E-state index contributed by atoms with van der Waals surface area (Å²) in [6.45, 7) is 0. The van der Waals surface area contributed by atoms with Crippen LogP contribution < -0.4 is 5.69 Å². The third-order valence-corrected chi connectivity index (χ3v) is 4.93. The molecule has 1 aliphatic carbocycles. The third-order valence-electron chi connectivity index (χ3n) is 4.33. The number of aliphatic hydroxyl groups is 1. The summed E-state index contributed by atoms with van der Waals surface area (Å²) in [6, 6.07) is 2.95. The summed E-state index contributed by atoms with van der Waals surface area (Å²) in [5, 5.41) is 10.5. The van der Waals surface area contributed by atoms with Gasteiger partial charge in [0.15, 0.2) is 0 Å². The number of rotatable bonds is 1. The van der Waals surface area contributed by atoms with E-state index >= 15 is 0 Å². The molecule has 2 heterocycles. The molecule has 0 saturated heterocycles. The zero-order chi connectivity index (χ0) is 15.4. The SMILES string of the molecule is O=c1[nH]c2cnc3cc(F)c(Br)cc3c2n1[C@H]1CC[C@@H](O)C1. The van der Waals surface area contributed by atoms with Gasteiger partial charge in [-0.1, -0.05) is 0 Å². The number of halogens is 2. The second kappa shape index (κ2) is 4.89. The first kappa shape index (κ1) is 13.9. The molecular formula is C15H13BrFN3O2. The largest absolute Gasteiger partial charge is 0.393 e. The van der Waals surface area contributed by atoms with Crippen LogP contribution in [0.4, 0.5) is 4.39 Å². The van der Waals surface area contributed by atoms with Crippen LogP contribution >= 0.6 is 15.9 Å².